The Morgan fingerprint density at radius 3 is 1.13 bits per heavy atom. The second-order valence-corrected chi connectivity index (χ2v) is 37.6. The van der Waals surface area contributed by atoms with Crippen molar-refractivity contribution in [3.8, 4) is 17.7 Å². The zero-order valence-corrected chi connectivity index (χ0v) is 79.1. The standard InChI is InChI=1S/2C23H21N3O3.C22H23N3O3.C20H20N4O3.C20H18N4O2/c1-13-8-18-20(9-14(13)2)25-22-23(28,21(18)27)6-7-26(22)16-4-5-19-15(10-16)11-17(29-3)12-24-19;1-13-7-18-20(8-14(13)2)25-22-23(29,21(18)28)5-6-26(22)17-3-4-19-16(10-17)9-15(12-27)11-24-19;1-13-9-17-19(10-14(13)2)24-21-22(27,20(17)26)5-7-25(21)16-3-4-18-15(11-16)12-28-8-6-23-18;1-11-7-14-15(8-12(11)2)23-19-20(26,17(14)25)3-5-24(19)13-9-16-18(22-10-13)27-6-4-21-16;1-11-7-15-16(8-12(11)2)23-19-20(26,18(15)25)4-5-24(19)14-6-13(3)17(9-21)22-10-14/h4-5,8-12,28H,6-7H2,1-3H3;3-4,7-11,27,29H,5-6,12H2,1-2H3;3-4,9-11,23,27H,5-8,12H2,1-2H3;7-10,21,26H,3-6H2,1-2H3;6-8,10,26H,4-5H2,1-3H3/t2*23-;22-;2*20-/m11111/s1. The van der Waals surface area contributed by atoms with Gasteiger partial charge in [-0.2, -0.15) is 5.26 Å². The van der Waals surface area contributed by atoms with E-state index >= 15 is 0 Å². The molecule has 31 nitrogen and oxygen atoms in total. The number of nitrogens with zero attached hydrogens (tertiary/aromatic N) is 15. The van der Waals surface area contributed by atoms with Crippen LogP contribution in [0, 0.1) is 87.5 Å². The fourth-order valence-corrected chi connectivity index (χ4v) is 20.0. The minimum atomic E-state index is -1.61. The van der Waals surface area contributed by atoms with Crippen molar-refractivity contribution in [1.82, 2.24) is 19.9 Å². The molecular formula is C108H103N17O14. The number of carbonyl (C=O) groups excluding carboxylic acids is 5. The van der Waals surface area contributed by atoms with Crippen LogP contribution < -0.4 is 44.6 Å². The molecule has 0 aliphatic carbocycles. The minimum absolute atomic E-state index is 0.0760. The number of fused-ring (bicyclic) bond motifs is 14. The Balaban J connectivity index is 0.000000107. The number of pyridine rings is 4. The van der Waals surface area contributed by atoms with Gasteiger partial charge in [-0.05, 0) is 282 Å². The van der Waals surface area contributed by atoms with Crippen LogP contribution in [0.5, 0.6) is 11.6 Å². The number of Topliss-reactive ketones (excluding diaryl/α,β-unsaturated/α-hetero) is 5. The molecule has 5 atom stereocenters. The number of hydrogen-bond acceptors (Lipinski definition) is 31. The number of anilines is 7. The van der Waals surface area contributed by atoms with E-state index in [2.05, 4.69) is 41.6 Å². The molecule has 0 saturated carbocycles. The molecule has 8 aromatic carbocycles. The minimum Gasteiger partial charge on any atom is -0.495 e. The van der Waals surface area contributed by atoms with Gasteiger partial charge in [0, 0.05) is 151 Å². The van der Waals surface area contributed by atoms with Crippen LogP contribution in [0.4, 0.5) is 68.2 Å². The maximum atomic E-state index is 13.2. The van der Waals surface area contributed by atoms with Gasteiger partial charge in [0.1, 0.15) is 53.3 Å². The predicted molar refractivity (Wildman–Crippen MR) is 534 cm³/mol. The van der Waals surface area contributed by atoms with E-state index in [-0.39, 0.29) is 41.9 Å². The van der Waals surface area contributed by atoms with Crippen molar-refractivity contribution < 1.29 is 68.8 Å². The molecule has 8 N–H and O–H groups in total. The molecule has 12 aliphatic rings. The highest BCUT2D eigenvalue weighted by Crippen LogP contribution is 2.49. The first-order chi connectivity index (χ1) is 66.6. The highest BCUT2D eigenvalue weighted by molar-refractivity contribution is 6.33. The molecule has 139 heavy (non-hydrogen) atoms. The number of ether oxygens (including phenoxy) is 3. The quantitative estimate of drug-likeness (QED) is 0.0734. The zero-order chi connectivity index (χ0) is 97.5. The molecule has 0 unspecified atom stereocenters. The summed E-state index contributed by atoms with van der Waals surface area (Å²) in [6.45, 7) is 27.3. The predicted octanol–water partition coefficient (Wildman–Crippen LogP) is 15.2. The van der Waals surface area contributed by atoms with Crippen molar-refractivity contribution in [3.63, 3.8) is 0 Å². The number of aryl methyl sites for hydroxylation is 11. The van der Waals surface area contributed by atoms with E-state index in [1.165, 1.54) is 0 Å². The maximum absolute atomic E-state index is 13.2. The van der Waals surface area contributed by atoms with Crippen LogP contribution in [-0.4, -0.2) is 203 Å². The van der Waals surface area contributed by atoms with Gasteiger partial charge in [-0.3, -0.25) is 33.9 Å². The Kier molecular flexibility index (Phi) is 23.0. The number of carbonyl (C=O) groups is 5. The smallest absolute Gasteiger partial charge is 0.237 e. The van der Waals surface area contributed by atoms with Gasteiger partial charge in [0.25, 0.3) is 0 Å². The number of nitrogens with one attached hydrogen (secondary N) is 2. The number of aliphatic hydroxyl groups is 6. The molecule has 704 valence electrons. The number of aromatic nitrogens is 4. The lowest BCUT2D eigenvalue weighted by Crippen LogP contribution is -2.48. The molecule has 0 amide bonds. The van der Waals surface area contributed by atoms with Gasteiger partial charge in [0.2, 0.25) is 34.8 Å². The van der Waals surface area contributed by atoms with Crippen molar-refractivity contribution in [2.45, 2.75) is 149 Å². The van der Waals surface area contributed by atoms with E-state index < -0.39 is 28.0 Å². The third kappa shape index (κ3) is 15.7. The summed E-state index contributed by atoms with van der Waals surface area (Å²) in [4.78, 5) is 116. The number of methoxy groups -OCH3 is 1. The number of nitriles is 1. The molecule has 5 fully saturated rings. The number of rotatable bonds is 7. The molecule has 24 rings (SSSR count). The number of aliphatic hydroxyl groups excluding tert-OH is 1. The van der Waals surface area contributed by atoms with Gasteiger partial charge in [0.05, 0.1) is 102 Å². The van der Waals surface area contributed by atoms with Crippen LogP contribution in [0.2, 0.25) is 0 Å². The molecular weight excluding hydrogens is 1760 g/mol. The van der Waals surface area contributed by atoms with E-state index in [1.54, 1.807) is 38.0 Å². The number of hydrogen-bond donors (Lipinski definition) is 8. The van der Waals surface area contributed by atoms with E-state index in [0.717, 1.165) is 140 Å². The van der Waals surface area contributed by atoms with Crippen LogP contribution in [0.3, 0.4) is 0 Å². The Hall–Kier alpha value is -15.0. The Morgan fingerprint density at radius 1 is 0.381 bits per heavy atom. The second kappa shape index (κ2) is 34.9. The average molecular weight is 1860 g/mol. The summed E-state index contributed by atoms with van der Waals surface area (Å²) in [5.74, 6) is 1.77. The van der Waals surface area contributed by atoms with Crippen molar-refractivity contribution in [2.75, 3.05) is 101 Å². The van der Waals surface area contributed by atoms with Crippen molar-refractivity contribution >= 4 is 148 Å². The van der Waals surface area contributed by atoms with Crippen molar-refractivity contribution in [1.29, 1.82) is 5.26 Å². The highest BCUT2D eigenvalue weighted by atomic mass is 16.5. The first kappa shape index (κ1) is 91.7. The lowest BCUT2D eigenvalue weighted by atomic mass is 9.86. The van der Waals surface area contributed by atoms with Crippen LogP contribution in [0.15, 0.2) is 189 Å². The maximum Gasteiger partial charge on any atom is 0.237 e. The molecule has 12 aromatic rings. The molecule has 31 heteroatoms. The topological polar surface area (TPSA) is 412 Å². The third-order valence-electron chi connectivity index (χ3n) is 28.8. The van der Waals surface area contributed by atoms with Crippen LogP contribution >= 0.6 is 0 Å². The molecule has 4 aromatic heterocycles. The summed E-state index contributed by atoms with van der Waals surface area (Å²) in [5, 5.41) is 82.9. The normalized spacial score (nSPS) is 21.7. The number of ketones is 5. The molecule has 0 spiro atoms. The van der Waals surface area contributed by atoms with Gasteiger partial charge in [0.15, 0.2) is 28.0 Å². The summed E-state index contributed by atoms with van der Waals surface area (Å²) in [5.41, 5.74) is 18.5. The largest absolute Gasteiger partial charge is 0.495 e. The van der Waals surface area contributed by atoms with Gasteiger partial charge < -0.3 is 80.0 Å². The first-order valence-electron chi connectivity index (χ1n) is 46.5. The van der Waals surface area contributed by atoms with Gasteiger partial charge in [-0.25, -0.2) is 34.9 Å². The lowest BCUT2D eigenvalue weighted by molar-refractivity contribution is 0.0600. The van der Waals surface area contributed by atoms with Gasteiger partial charge >= 0.3 is 0 Å². The van der Waals surface area contributed by atoms with E-state index in [9.17, 15) is 54.6 Å². The first-order valence-corrected chi connectivity index (χ1v) is 46.5. The van der Waals surface area contributed by atoms with Crippen LogP contribution in [0.1, 0.15) is 162 Å². The lowest BCUT2D eigenvalue weighted by Gasteiger charge is -2.30. The summed E-state index contributed by atoms with van der Waals surface area (Å²) < 4.78 is 16.4. The van der Waals surface area contributed by atoms with E-state index in [0.29, 0.717) is 188 Å². The van der Waals surface area contributed by atoms with Gasteiger partial charge in [-0.1, -0.05) is 0 Å². The number of benzene rings is 8. The van der Waals surface area contributed by atoms with E-state index in [1.807, 2.05) is 234 Å². The highest BCUT2D eigenvalue weighted by Gasteiger charge is 2.58. The Labute approximate surface area is 801 Å². The monoisotopic (exact) mass is 1860 g/mol. The summed E-state index contributed by atoms with van der Waals surface area (Å²) in [6, 6.07) is 46.0. The fraction of sp³-hybridized carbons (Fsp3) is 0.306. The van der Waals surface area contributed by atoms with Crippen LogP contribution in [-0.2, 0) is 18.0 Å². The van der Waals surface area contributed by atoms with Crippen LogP contribution in [0.25, 0.3) is 21.8 Å². The summed E-state index contributed by atoms with van der Waals surface area (Å²) in [7, 11) is 1.61. The Morgan fingerprint density at radius 2 is 0.734 bits per heavy atom. The van der Waals surface area contributed by atoms with E-state index in [4.69, 9.17) is 39.4 Å². The molecule has 16 heterocycles. The average Bonchev–Trinajstić information content (AvgIpc) is 1.57. The van der Waals surface area contributed by atoms with Gasteiger partial charge in [-0.15, -0.1) is 0 Å². The molecule has 0 bridgehead atoms. The molecule has 12 aliphatic heterocycles. The third-order valence-corrected chi connectivity index (χ3v) is 28.8. The summed E-state index contributed by atoms with van der Waals surface area (Å²) >= 11 is 0. The second-order valence-electron chi connectivity index (χ2n) is 37.6. The van der Waals surface area contributed by atoms with Crippen molar-refractivity contribution in [2.24, 2.45) is 25.0 Å². The summed E-state index contributed by atoms with van der Waals surface area (Å²) in [6.07, 6.45) is 8.14. The molecule has 5 saturated heterocycles. The fourth-order valence-electron chi connectivity index (χ4n) is 20.0. The zero-order valence-electron chi connectivity index (χ0n) is 79.1. The Bertz CT molecular complexity index is 7360. The molecule has 0 radical (unpaired) electrons. The van der Waals surface area contributed by atoms with Crippen molar-refractivity contribution in [3.05, 3.63) is 270 Å². The number of amidine groups is 5. The SMILES string of the molecule is COc1cnc2ccc(N3CC[C@@]4(O)C(=O)c5cc(C)c(C)cc5N=C34)cc2c1.Cc1cc2c(cc1C)C(=O)[C@]1(O)CCN(c3ccc4c(c3)COCCN4)C1=N2.Cc1cc2c(cc1C)C(=O)[C@]1(O)CCN(c3ccc4ncc(CO)cc4c3)C1=N2.Cc1cc2c(cc1C)C(=O)[C@]1(O)CCN(c3cnc(C#N)c(C)c3)C1=N2.Cc1cc2c(cc1C)C(=O)[C@]1(O)CCN(c3cnc4c(c3)NCCO4)C1=N2. The number of aliphatic imine (C=N–C) groups is 5.